The molecule has 5 rings (SSSR count). The Labute approximate surface area is 241 Å². The van der Waals surface area contributed by atoms with Gasteiger partial charge in [-0.15, -0.1) is 0 Å². The van der Waals surface area contributed by atoms with Crippen molar-refractivity contribution in [2.24, 2.45) is 34.0 Å². The Morgan fingerprint density at radius 1 is 0.975 bits per heavy atom. The molecule has 40 heavy (non-hydrogen) atoms. The number of carbonyl (C=O) groups is 2. The highest BCUT2D eigenvalue weighted by atomic mass is 16.5. The molecule has 0 aliphatic heterocycles. The molecule has 0 saturated heterocycles. The molecule has 8 unspecified atom stereocenters. The average Bonchev–Trinajstić information content (AvgIpc) is 3.00. The third-order valence-electron chi connectivity index (χ3n) is 12.1. The van der Waals surface area contributed by atoms with Crippen LogP contribution in [-0.2, 0) is 9.53 Å². The normalized spacial score (nSPS) is 37.2. The van der Waals surface area contributed by atoms with Crippen molar-refractivity contribution in [1.82, 2.24) is 10.2 Å². The van der Waals surface area contributed by atoms with E-state index in [2.05, 4.69) is 71.1 Å². The summed E-state index contributed by atoms with van der Waals surface area (Å²) in [7, 11) is 4.30. The molecule has 4 aliphatic rings. The molecule has 5 heteroatoms. The van der Waals surface area contributed by atoms with E-state index in [9.17, 15) is 9.59 Å². The lowest BCUT2D eigenvalue weighted by Gasteiger charge is -2.53. The van der Waals surface area contributed by atoms with E-state index in [1.165, 1.54) is 0 Å². The van der Waals surface area contributed by atoms with Gasteiger partial charge in [0, 0.05) is 30.5 Å². The highest BCUT2D eigenvalue weighted by Crippen LogP contribution is 2.69. The van der Waals surface area contributed by atoms with Gasteiger partial charge in [-0.25, -0.2) is 0 Å². The lowest BCUT2D eigenvalue weighted by Crippen LogP contribution is -2.51. The largest absolute Gasteiger partial charge is 0.462 e. The molecule has 1 amide bonds. The van der Waals surface area contributed by atoms with E-state index in [1.54, 1.807) is 18.1 Å². The molecule has 0 radical (unpaired) electrons. The van der Waals surface area contributed by atoms with Crippen LogP contribution < -0.4 is 5.32 Å². The van der Waals surface area contributed by atoms with Crippen molar-refractivity contribution in [2.45, 2.75) is 98.3 Å². The third kappa shape index (κ3) is 4.66. The van der Waals surface area contributed by atoms with Crippen LogP contribution in [0.5, 0.6) is 0 Å². The van der Waals surface area contributed by atoms with Crippen LogP contribution in [0.1, 0.15) is 90.4 Å². The van der Waals surface area contributed by atoms with Crippen LogP contribution in [0.3, 0.4) is 0 Å². The number of ether oxygens (including phenoxy) is 1. The molecule has 0 spiro atoms. The lowest BCUT2D eigenvalue weighted by atomic mass is 9.51. The summed E-state index contributed by atoms with van der Waals surface area (Å²) in [6, 6.07) is 10.00. The first-order chi connectivity index (χ1) is 18.8. The number of hydrogen-bond acceptors (Lipinski definition) is 4. The Bertz CT molecular complexity index is 1200. The average molecular weight is 547 g/mol. The van der Waals surface area contributed by atoms with E-state index in [4.69, 9.17) is 4.74 Å². The van der Waals surface area contributed by atoms with Crippen LogP contribution in [0, 0.1) is 34.0 Å². The molecule has 1 aromatic carbocycles. The molecule has 0 heterocycles. The van der Waals surface area contributed by atoms with Gasteiger partial charge in [-0.1, -0.05) is 69.2 Å². The fourth-order valence-corrected chi connectivity index (χ4v) is 9.40. The van der Waals surface area contributed by atoms with Gasteiger partial charge in [0.05, 0.1) is 0 Å². The number of allylic oxidation sites excluding steroid dienone is 3. The molecule has 5 nitrogen and oxygen atoms in total. The van der Waals surface area contributed by atoms with Gasteiger partial charge in [0.2, 0.25) is 0 Å². The van der Waals surface area contributed by atoms with Crippen LogP contribution in [0.4, 0.5) is 0 Å². The van der Waals surface area contributed by atoms with Crippen molar-refractivity contribution in [2.75, 3.05) is 14.1 Å². The summed E-state index contributed by atoms with van der Waals surface area (Å²) in [5, 5.41) is 3.39. The molecule has 0 aromatic heterocycles. The number of hydrogen-bond donors (Lipinski definition) is 1. The van der Waals surface area contributed by atoms with Gasteiger partial charge in [-0.3, -0.25) is 9.59 Å². The van der Waals surface area contributed by atoms with E-state index in [0.717, 1.165) is 44.1 Å². The van der Waals surface area contributed by atoms with Crippen LogP contribution >= 0.6 is 0 Å². The monoisotopic (exact) mass is 546 g/mol. The zero-order valence-corrected chi connectivity index (χ0v) is 25.9. The quantitative estimate of drug-likeness (QED) is 0.326. The fraction of sp³-hybridized carbons (Fsp3) is 0.657. The van der Waals surface area contributed by atoms with Crippen molar-refractivity contribution in [3.05, 3.63) is 59.2 Å². The first kappa shape index (κ1) is 29.1. The van der Waals surface area contributed by atoms with E-state index in [1.807, 2.05) is 30.3 Å². The second kappa shape index (κ2) is 10.5. The van der Waals surface area contributed by atoms with E-state index >= 15 is 0 Å². The van der Waals surface area contributed by atoms with Crippen molar-refractivity contribution in [3.63, 3.8) is 0 Å². The maximum absolute atomic E-state index is 13.1. The molecule has 8 atom stereocenters. The summed E-state index contributed by atoms with van der Waals surface area (Å²) < 4.78 is 6.10. The molecular formula is C35H50N2O3. The van der Waals surface area contributed by atoms with E-state index in [-0.39, 0.29) is 46.2 Å². The minimum atomic E-state index is -0.164. The minimum Gasteiger partial charge on any atom is -0.462 e. The number of nitrogens with zero attached hydrogens (tertiary/aromatic N) is 1. The van der Waals surface area contributed by atoms with Crippen molar-refractivity contribution in [3.8, 4) is 0 Å². The Hall–Kier alpha value is -2.40. The predicted octanol–water partition coefficient (Wildman–Crippen LogP) is 6.80. The minimum absolute atomic E-state index is 0.0207. The lowest BCUT2D eigenvalue weighted by molar-refractivity contribution is -0.150. The van der Waals surface area contributed by atoms with Gasteiger partial charge in [-0.05, 0) is 99.8 Å². The number of amides is 1. The number of carbonyl (C=O) groups excluding carboxylic acids is 2. The Morgan fingerprint density at radius 3 is 2.27 bits per heavy atom. The summed E-state index contributed by atoms with van der Waals surface area (Å²) in [5.41, 5.74) is 3.95. The van der Waals surface area contributed by atoms with Crippen LogP contribution in [-0.4, -0.2) is 49.1 Å². The summed E-state index contributed by atoms with van der Waals surface area (Å²) in [6.07, 6.45) is 11.1. The number of benzene rings is 1. The zero-order chi connectivity index (χ0) is 29.0. The predicted molar refractivity (Wildman–Crippen MR) is 161 cm³/mol. The molecule has 2 fully saturated rings. The van der Waals surface area contributed by atoms with Gasteiger partial charge in [0.25, 0.3) is 5.91 Å². The molecular weight excluding hydrogens is 496 g/mol. The van der Waals surface area contributed by atoms with E-state index < -0.39 is 0 Å². The topological polar surface area (TPSA) is 58.6 Å². The second-order valence-corrected chi connectivity index (χ2v) is 14.5. The standard InChI is InChI=1S/C35H50N2O3/c1-22(37(7)8)31-29(40-23(2)38)21-35(6)28-16-15-27-25(20-26(28)18-19-34(31,35)5)14-17-30(33(27,3)4)36-32(39)24-12-10-9-11-13-24/h9-14,18,22,27-31H,15-17,19-21H2,1-8H3,(H,36,39). The molecule has 4 aliphatic carbocycles. The Balaban J connectivity index is 1.42. The molecule has 2 saturated carbocycles. The molecule has 1 aromatic rings. The second-order valence-electron chi connectivity index (χ2n) is 14.5. The number of fused-ring (bicyclic) bond motifs is 4. The van der Waals surface area contributed by atoms with Gasteiger partial charge in [0.15, 0.2) is 0 Å². The van der Waals surface area contributed by atoms with Crippen LogP contribution in [0.2, 0.25) is 0 Å². The maximum atomic E-state index is 13.1. The van der Waals surface area contributed by atoms with Gasteiger partial charge >= 0.3 is 5.97 Å². The van der Waals surface area contributed by atoms with Crippen LogP contribution in [0.25, 0.3) is 0 Å². The SMILES string of the molecule is CC(=O)OC1CC2(C)C3CCC4C(=CCC(NC(=O)c5ccccc5)C4(C)C)CC3=CCC2(C)C1C(C)N(C)C. The van der Waals surface area contributed by atoms with Gasteiger partial charge in [-0.2, -0.15) is 0 Å². The number of nitrogens with one attached hydrogen (secondary N) is 1. The van der Waals surface area contributed by atoms with Crippen molar-refractivity contribution in [1.29, 1.82) is 0 Å². The Kier molecular flexibility index (Phi) is 7.61. The third-order valence-corrected chi connectivity index (χ3v) is 12.1. The first-order valence-corrected chi connectivity index (χ1v) is 15.4. The highest BCUT2D eigenvalue weighted by molar-refractivity contribution is 5.94. The zero-order valence-electron chi connectivity index (χ0n) is 25.9. The summed E-state index contributed by atoms with van der Waals surface area (Å²) >= 11 is 0. The molecule has 218 valence electrons. The van der Waals surface area contributed by atoms with Crippen LogP contribution in [0.15, 0.2) is 53.6 Å². The van der Waals surface area contributed by atoms with Gasteiger partial charge < -0.3 is 15.0 Å². The highest BCUT2D eigenvalue weighted by Gasteiger charge is 2.65. The molecule has 1 N–H and O–H groups in total. The summed E-state index contributed by atoms with van der Waals surface area (Å²) in [4.78, 5) is 27.6. The molecule has 0 bridgehead atoms. The first-order valence-electron chi connectivity index (χ1n) is 15.4. The number of rotatable bonds is 5. The van der Waals surface area contributed by atoms with Gasteiger partial charge in [0.1, 0.15) is 6.10 Å². The van der Waals surface area contributed by atoms with Crippen molar-refractivity contribution >= 4 is 11.9 Å². The number of esters is 1. The van der Waals surface area contributed by atoms with Crippen molar-refractivity contribution < 1.29 is 14.3 Å². The van der Waals surface area contributed by atoms with E-state index in [0.29, 0.717) is 17.9 Å². The Morgan fingerprint density at radius 2 is 1.62 bits per heavy atom. The smallest absolute Gasteiger partial charge is 0.302 e. The summed E-state index contributed by atoms with van der Waals surface area (Å²) in [6.45, 7) is 13.6. The maximum Gasteiger partial charge on any atom is 0.302 e. The summed E-state index contributed by atoms with van der Waals surface area (Å²) in [5.74, 6) is 1.05. The fourth-order valence-electron chi connectivity index (χ4n) is 9.40.